The normalized spacial score (nSPS) is 21.1. The number of aliphatic imine (C=N–C) groups is 2. The van der Waals surface area contributed by atoms with Crippen molar-refractivity contribution >= 4 is 81.9 Å². The zero-order chi connectivity index (χ0) is 31.4. The monoisotopic (exact) mass is 658 g/mol. The maximum Gasteiger partial charge on any atom is 0.352 e. The van der Waals surface area contributed by atoms with Gasteiger partial charge in [-0.25, -0.2) is 19.8 Å². The number of carboxylic acid groups (broad SMARTS) is 2. The predicted molar refractivity (Wildman–Crippen MR) is 166 cm³/mol. The summed E-state index contributed by atoms with van der Waals surface area (Å²) >= 11 is 3.33. The van der Waals surface area contributed by atoms with E-state index in [-0.39, 0.29) is 47.4 Å². The van der Waals surface area contributed by atoms with Gasteiger partial charge in [-0.1, -0.05) is 47.2 Å². The Balaban J connectivity index is 1.36. The number of hydrogen-bond acceptors (Lipinski definition) is 14. The number of benzene rings is 1. The number of thioether (sulfide) groups is 2. The number of anilines is 1. The Morgan fingerprint density at radius 2 is 1.95 bits per heavy atom. The van der Waals surface area contributed by atoms with Crippen molar-refractivity contribution in [2.75, 3.05) is 11.5 Å². The van der Waals surface area contributed by atoms with Crippen LogP contribution >= 0.6 is 34.9 Å². The number of thiazole rings is 1. The first-order valence-corrected chi connectivity index (χ1v) is 15.8. The number of aromatic nitrogens is 1. The molecule has 1 saturated heterocycles. The maximum absolute atomic E-state index is 13.4. The standard InChI is InChI=1S/C26H26N8O7S3/c27-25-31-15(12-43-25)18(33-41-10-13-4-2-1-3-5-13)21(37)32-19-22(38)34-20(24(39)40)14(11-42-23(19)34)16(6-7-17(35)36)44-26(28)29-8-9-30-26/h1-5,8-9,12,16,19,23H,6-7,10-11,28H2,(H2,27,31)(H,32,37)(H,35,36)(H,39,40)/b33-18-/t16?,19-,23+/m1/s1. The van der Waals surface area contributed by atoms with Crippen LogP contribution in [-0.2, 0) is 30.6 Å². The van der Waals surface area contributed by atoms with E-state index in [1.807, 2.05) is 30.3 Å². The molecule has 18 heteroatoms. The van der Waals surface area contributed by atoms with Gasteiger partial charge in [-0.3, -0.25) is 25.0 Å². The molecule has 44 heavy (non-hydrogen) atoms. The highest BCUT2D eigenvalue weighted by atomic mass is 32.2. The number of carboxylic acids is 2. The van der Waals surface area contributed by atoms with Gasteiger partial charge in [0.1, 0.15) is 29.4 Å². The van der Waals surface area contributed by atoms with Crippen molar-refractivity contribution in [2.24, 2.45) is 20.9 Å². The van der Waals surface area contributed by atoms with Crippen molar-refractivity contribution < 1.29 is 34.2 Å². The van der Waals surface area contributed by atoms with Gasteiger partial charge in [0.25, 0.3) is 16.9 Å². The molecule has 4 heterocycles. The minimum absolute atomic E-state index is 0.0309. The number of rotatable bonds is 13. The highest BCUT2D eigenvalue weighted by Gasteiger charge is 2.55. The number of β-lactam (4-membered cyclic amide) rings is 1. The third kappa shape index (κ3) is 6.77. The second kappa shape index (κ2) is 13.2. The van der Waals surface area contributed by atoms with Crippen molar-refractivity contribution in [1.29, 1.82) is 0 Å². The number of nitrogens with one attached hydrogen (secondary N) is 1. The molecule has 1 unspecified atom stereocenters. The van der Waals surface area contributed by atoms with E-state index in [0.717, 1.165) is 33.6 Å². The third-order valence-corrected chi connectivity index (χ3v) is 9.95. The van der Waals surface area contributed by atoms with Gasteiger partial charge in [-0.2, -0.15) is 0 Å². The van der Waals surface area contributed by atoms with Crippen LogP contribution in [0.4, 0.5) is 5.13 Å². The van der Waals surface area contributed by atoms with E-state index >= 15 is 0 Å². The van der Waals surface area contributed by atoms with E-state index < -0.39 is 45.5 Å². The Labute approximate surface area is 262 Å². The molecule has 3 aliphatic heterocycles. The average molecular weight is 659 g/mol. The lowest BCUT2D eigenvalue weighted by molar-refractivity contribution is -0.150. The fourth-order valence-electron chi connectivity index (χ4n) is 4.59. The SMILES string of the molecule is Nc1nc(/C(=N/OCc2ccccc2)C(=O)N[C@@H]2C(=O)N3C(C(=O)O)=C(C(CCC(=O)O)SC4(N)N=CC=N4)CS[C@@H]23)cs1. The van der Waals surface area contributed by atoms with E-state index in [0.29, 0.717) is 5.57 Å². The first kappa shape index (κ1) is 31.2. The minimum atomic E-state index is -1.45. The molecule has 3 atom stereocenters. The maximum atomic E-state index is 13.4. The van der Waals surface area contributed by atoms with Crippen molar-refractivity contribution in [3.8, 4) is 0 Å². The molecule has 1 aromatic carbocycles. The molecule has 0 aliphatic carbocycles. The molecule has 0 radical (unpaired) electrons. The first-order valence-electron chi connectivity index (χ1n) is 13.0. The summed E-state index contributed by atoms with van der Waals surface area (Å²) in [6, 6.07) is 8.08. The Morgan fingerprint density at radius 3 is 2.59 bits per heavy atom. The number of aliphatic carboxylic acids is 2. The molecule has 3 aliphatic rings. The summed E-state index contributed by atoms with van der Waals surface area (Å²) in [5.41, 5.74) is 12.8. The van der Waals surface area contributed by atoms with Gasteiger partial charge >= 0.3 is 11.9 Å². The molecule has 15 nitrogen and oxygen atoms in total. The van der Waals surface area contributed by atoms with Crippen molar-refractivity contribution in [1.82, 2.24) is 15.2 Å². The minimum Gasteiger partial charge on any atom is -0.481 e. The molecular formula is C26H26N8O7S3. The molecule has 1 fully saturated rings. The topological polar surface area (TPSA) is 235 Å². The summed E-state index contributed by atoms with van der Waals surface area (Å²) in [5.74, 6) is -3.73. The molecular weight excluding hydrogens is 633 g/mol. The molecule has 7 N–H and O–H groups in total. The van der Waals surface area contributed by atoms with Crippen LogP contribution in [0.25, 0.3) is 0 Å². The summed E-state index contributed by atoms with van der Waals surface area (Å²) in [4.78, 5) is 69.4. The molecule has 230 valence electrons. The van der Waals surface area contributed by atoms with Crippen LogP contribution in [0.1, 0.15) is 24.1 Å². The summed E-state index contributed by atoms with van der Waals surface area (Å²) in [5, 5.41) is 24.9. The Kier molecular flexibility index (Phi) is 9.33. The fraction of sp³-hybridized carbons (Fsp3) is 0.308. The average Bonchev–Trinajstić information content (AvgIpc) is 3.63. The number of oxime groups is 1. The number of nitrogens with zero attached hydrogens (tertiary/aromatic N) is 5. The number of carbonyl (C=O) groups is 4. The zero-order valence-corrected chi connectivity index (χ0v) is 25.2. The van der Waals surface area contributed by atoms with E-state index in [1.54, 1.807) is 0 Å². The van der Waals surface area contributed by atoms with Gasteiger partial charge in [0.05, 0.1) is 0 Å². The van der Waals surface area contributed by atoms with Gasteiger partial charge in [0.2, 0.25) is 0 Å². The van der Waals surface area contributed by atoms with E-state index in [1.165, 1.54) is 29.6 Å². The van der Waals surface area contributed by atoms with Crippen molar-refractivity contribution in [2.45, 2.75) is 41.2 Å². The molecule has 0 bridgehead atoms. The van der Waals surface area contributed by atoms with E-state index in [2.05, 4.69) is 25.4 Å². The van der Waals surface area contributed by atoms with E-state index in [4.69, 9.17) is 16.3 Å². The predicted octanol–water partition coefficient (Wildman–Crippen LogP) is 1.08. The van der Waals surface area contributed by atoms with Crippen LogP contribution in [0.3, 0.4) is 0 Å². The highest BCUT2D eigenvalue weighted by Crippen LogP contribution is 2.45. The molecule has 2 aromatic rings. The summed E-state index contributed by atoms with van der Waals surface area (Å²) in [6.45, 7) is 0.0726. The Bertz CT molecular complexity index is 1580. The smallest absolute Gasteiger partial charge is 0.352 e. The van der Waals surface area contributed by atoms with Crippen LogP contribution in [0.15, 0.2) is 62.1 Å². The summed E-state index contributed by atoms with van der Waals surface area (Å²) in [6.07, 6.45) is 2.56. The van der Waals surface area contributed by atoms with Gasteiger partial charge in [0.15, 0.2) is 10.8 Å². The number of carbonyl (C=O) groups excluding carboxylic acids is 2. The number of hydrogen-bond donors (Lipinski definition) is 5. The molecule has 0 spiro atoms. The van der Waals surface area contributed by atoms with E-state index in [9.17, 15) is 29.4 Å². The van der Waals surface area contributed by atoms with Gasteiger partial charge in [-0.15, -0.1) is 23.1 Å². The van der Waals surface area contributed by atoms with Gasteiger partial charge in [0, 0.05) is 35.2 Å². The molecule has 1 aromatic heterocycles. The fourth-order valence-corrected chi connectivity index (χ4v) is 7.90. The van der Waals surface area contributed by atoms with Gasteiger partial charge < -0.3 is 26.1 Å². The van der Waals surface area contributed by atoms with Crippen molar-refractivity contribution in [3.63, 3.8) is 0 Å². The largest absolute Gasteiger partial charge is 0.481 e. The lowest BCUT2D eigenvalue weighted by atomic mass is 9.99. The number of nitrogen functional groups attached to an aromatic ring is 1. The number of fused-ring (bicyclic) bond motifs is 1. The number of nitrogens with two attached hydrogens (primary N) is 2. The van der Waals surface area contributed by atoms with Gasteiger partial charge in [-0.05, 0) is 17.6 Å². The Morgan fingerprint density at radius 1 is 1.23 bits per heavy atom. The third-order valence-electron chi connectivity index (χ3n) is 6.61. The van der Waals surface area contributed by atoms with Crippen LogP contribution in [0.2, 0.25) is 0 Å². The Hall–Kier alpha value is -4.26. The van der Waals surface area contributed by atoms with Crippen LogP contribution in [0, 0.1) is 0 Å². The summed E-state index contributed by atoms with van der Waals surface area (Å²) < 4.78 is 0. The molecule has 5 rings (SSSR count). The number of amides is 2. The lowest BCUT2D eigenvalue weighted by Crippen LogP contribution is -2.71. The zero-order valence-electron chi connectivity index (χ0n) is 22.7. The van der Waals surface area contributed by atoms with Crippen molar-refractivity contribution in [3.05, 3.63) is 58.2 Å². The summed E-state index contributed by atoms with van der Waals surface area (Å²) in [7, 11) is 0. The van der Waals surface area contributed by atoms with Crippen LogP contribution in [-0.4, -0.2) is 89.5 Å². The van der Waals surface area contributed by atoms with Crippen LogP contribution < -0.4 is 16.8 Å². The van der Waals surface area contributed by atoms with Crippen LogP contribution in [0.5, 0.6) is 0 Å². The first-order chi connectivity index (χ1) is 21.1. The quantitative estimate of drug-likeness (QED) is 0.0880. The molecule has 0 saturated carbocycles. The molecule has 2 amide bonds. The highest BCUT2D eigenvalue weighted by molar-refractivity contribution is 8.02. The second-order valence-corrected chi connectivity index (χ2v) is 13.0. The lowest BCUT2D eigenvalue weighted by Gasteiger charge is -2.50. The second-order valence-electron chi connectivity index (χ2n) is 9.56.